The first-order chi connectivity index (χ1) is 8.50. The van der Waals surface area contributed by atoms with E-state index in [-0.39, 0.29) is 10.8 Å². The molecule has 1 aromatic carbocycles. The van der Waals surface area contributed by atoms with Crippen molar-refractivity contribution in [1.82, 2.24) is 4.90 Å². The van der Waals surface area contributed by atoms with E-state index >= 15 is 0 Å². The zero-order valence-electron chi connectivity index (χ0n) is 11.3. The number of hydrogen-bond donors (Lipinski definition) is 0. The van der Waals surface area contributed by atoms with Crippen LogP contribution in [0.5, 0.6) is 0 Å². The number of hydrogen-bond acceptors (Lipinski definition) is 2. The van der Waals surface area contributed by atoms with Crippen molar-refractivity contribution in [2.24, 2.45) is 0 Å². The Balaban J connectivity index is 1.79. The molecular formula is C15H21NOS. The van der Waals surface area contributed by atoms with Gasteiger partial charge >= 0.3 is 0 Å². The van der Waals surface area contributed by atoms with Crippen LogP contribution >= 0.6 is 11.8 Å². The fourth-order valence-electron chi connectivity index (χ4n) is 2.79. The second-order valence-electron chi connectivity index (χ2n) is 5.59. The summed E-state index contributed by atoms with van der Waals surface area (Å²) in [6, 6.07) is 10.7. The Morgan fingerprint density at radius 2 is 2.06 bits per heavy atom. The van der Waals surface area contributed by atoms with E-state index in [0.717, 1.165) is 18.6 Å². The van der Waals surface area contributed by atoms with Gasteiger partial charge in [-0.2, -0.15) is 0 Å². The molecule has 1 heterocycles. The standard InChI is InChI=1S/C15H21NOS/c1-12-11-15(2,3)16(12)14(17)18-10-9-13-7-5-4-6-8-13/h4-8,12H,9-11H2,1-3H3. The molecule has 1 fully saturated rings. The monoisotopic (exact) mass is 263 g/mol. The largest absolute Gasteiger partial charge is 0.326 e. The number of rotatable bonds is 3. The lowest BCUT2D eigenvalue weighted by atomic mass is 9.83. The third-order valence-corrected chi connectivity index (χ3v) is 4.40. The van der Waals surface area contributed by atoms with Crippen LogP contribution in [0.3, 0.4) is 0 Å². The van der Waals surface area contributed by atoms with Crippen LogP contribution < -0.4 is 0 Å². The Morgan fingerprint density at radius 1 is 1.39 bits per heavy atom. The molecule has 3 heteroatoms. The molecule has 1 aliphatic heterocycles. The van der Waals surface area contributed by atoms with E-state index in [1.54, 1.807) is 0 Å². The van der Waals surface area contributed by atoms with Crippen molar-refractivity contribution in [3.8, 4) is 0 Å². The van der Waals surface area contributed by atoms with Gasteiger partial charge in [0, 0.05) is 17.3 Å². The molecule has 1 unspecified atom stereocenters. The molecule has 1 aromatic rings. The van der Waals surface area contributed by atoms with Crippen molar-refractivity contribution in [1.29, 1.82) is 0 Å². The molecule has 0 saturated carbocycles. The van der Waals surface area contributed by atoms with Crippen LogP contribution in [0.2, 0.25) is 0 Å². The normalized spacial score (nSPS) is 21.5. The average Bonchev–Trinajstić information content (AvgIpc) is 2.28. The number of carbonyl (C=O) groups is 1. The fourth-order valence-corrected chi connectivity index (χ4v) is 3.87. The SMILES string of the molecule is CC1CC(C)(C)N1C(=O)SCCc1ccccc1. The quantitative estimate of drug-likeness (QED) is 0.823. The maximum absolute atomic E-state index is 12.1. The van der Waals surface area contributed by atoms with Crippen molar-refractivity contribution in [2.75, 3.05) is 5.75 Å². The number of benzene rings is 1. The molecule has 2 nitrogen and oxygen atoms in total. The molecule has 0 spiro atoms. The predicted octanol–water partition coefficient (Wildman–Crippen LogP) is 3.96. The highest BCUT2D eigenvalue weighted by Crippen LogP contribution is 2.38. The van der Waals surface area contributed by atoms with Gasteiger partial charge < -0.3 is 4.90 Å². The van der Waals surface area contributed by atoms with Crippen LogP contribution in [0.1, 0.15) is 32.8 Å². The molecule has 0 N–H and O–H groups in total. The Hall–Kier alpha value is -0.960. The van der Waals surface area contributed by atoms with Gasteiger partial charge in [0.15, 0.2) is 0 Å². The smallest absolute Gasteiger partial charge is 0.282 e. The lowest BCUT2D eigenvalue weighted by Crippen LogP contribution is -2.62. The third-order valence-electron chi connectivity index (χ3n) is 3.54. The summed E-state index contributed by atoms with van der Waals surface area (Å²) < 4.78 is 0. The van der Waals surface area contributed by atoms with Crippen LogP contribution in [0.15, 0.2) is 30.3 Å². The first-order valence-electron chi connectivity index (χ1n) is 6.51. The minimum atomic E-state index is 0.0518. The lowest BCUT2D eigenvalue weighted by molar-refractivity contribution is 0.0135. The van der Waals surface area contributed by atoms with Gasteiger partial charge in [-0.05, 0) is 39.2 Å². The molecule has 2 rings (SSSR count). The Labute approximate surface area is 114 Å². The van der Waals surface area contributed by atoms with E-state index in [1.165, 1.54) is 17.3 Å². The van der Waals surface area contributed by atoms with Gasteiger partial charge in [-0.25, -0.2) is 0 Å². The van der Waals surface area contributed by atoms with Gasteiger partial charge in [0.1, 0.15) is 0 Å². The molecule has 0 radical (unpaired) electrons. The molecule has 0 bridgehead atoms. The topological polar surface area (TPSA) is 20.3 Å². The zero-order valence-corrected chi connectivity index (χ0v) is 12.2. The second-order valence-corrected chi connectivity index (χ2v) is 6.63. The van der Waals surface area contributed by atoms with E-state index in [1.807, 2.05) is 23.1 Å². The molecule has 18 heavy (non-hydrogen) atoms. The van der Waals surface area contributed by atoms with Gasteiger partial charge in [0.05, 0.1) is 0 Å². The minimum absolute atomic E-state index is 0.0518. The summed E-state index contributed by atoms with van der Waals surface area (Å²) in [5.41, 5.74) is 1.35. The van der Waals surface area contributed by atoms with E-state index < -0.39 is 0 Å². The number of carbonyl (C=O) groups excluding carboxylic acids is 1. The molecule has 0 aliphatic carbocycles. The maximum atomic E-state index is 12.1. The van der Waals surface area contributed by atoms with Gasteiger partial charge in [0.25, 0.3) is 5.24 Å². The second kappa shape index (κ2) is 5.35. The van der Waals surface area contributed by atoms with Crippen molar-refractivity contribution in [2.45, 2.75) is 45.2 Å². The maximum Gasteiger partial charge on any atom is 0.282 e. The Kier molecular flexibility index (Phi) is 4.00. The summed E-state index contributed by atoms with van der Waals surface area (Å²) in [7, 11) is 0. The molecule has 1 saturated heterocycles. The average molecular weight is 263 g/mol. The first kappa shape index (κ1) is 13.5. The fraction of sp³-hybridized carbons (Fsp3) is 0.533. The molecule has 1 amide bonds. The number of aryl methyl sites for hydroxylation is 1. The van der Waals surface area contributed by atoms with Crippen LogP contribution in [-0.2, 0) is 6.42 Å². The van der Waals surface area contributed by atoms with Crippen molar-refractivity contribution in [3.63, 3.8) is 0 Å². The molecule has 1 aliphatic rings. The lowest BCUT2D eigenvalue weighted by Gasteiger charge is -2.53. The highest BCUT2D eigenvalue weighted by Gasteiger charge is 2.45. The van der Waals surface area contributed by atoms with E-state index in [4.69, 9.17) is 0 Å². The number of likely N-dealkylation sites (tertiary alicyclic amines) is 1. The third kappa shape index (κ3) is 2.89. The highest BCUT2D eigenvalue weighted by atomic mass is 32.2. The predicted molar refractivity (Wildman–Crippen MR) is 78.0 cm³/mol. The van der Waals surface area contributed by atoms with Crippen molar-refractivity contribution >= 4 is 17.0 Å². The van der Waals surface area contributed by atoms with E-state index in [9.17, 15) is 4.79 Å². The van der Waals surface area contributed by atoms with Gasteiger partial charge in [-0.1, -0.05) is 42.1 Å². The van der Waals surface area contributed by atoms with Crippen LogP contribution in [0.25, 0.3) is 0 Å². The zero-order chi connectivity index (χ0) is 13.2. The summed E-state index contributed by atoms with van der Waals surface area (Å²) in [6.07, 6.45) is 2.07. The minimum Gasteiger partial charge on any atom is -0.326 e. The molecule has 0 aromatic heterocycles. The number of thioether (sulfide) groups is 1. The number of nitrogens with zero attached hydrogens (tertiary/aromatic N) is 1. The number of amides is 1. The molecule has 98 valence electrons. The van der Waals surface area contributed by atoms with Crippen LogP contribution in [-0.4, -0.2) is 27.5 Å². The summed E-state index contributed by atoms with van der Waals surface area (Å²) in [5, 5.41) is 0.231. The van der Waals surface area contributed by atoms with Gasteiger partial charge in [0.2, 0.25) is 0 Å². The Morgan fingerprint density at radius 3 is 2.61 bits per heavy atom. The van der Waals surface area contributed by atoms with E-state index in [2.05, 4.69) is 32.9 Å². The van der Waals surface area contributed by atoms with Crippen molar-refractivity contribution < 1.29 is 4.79 Å². The van der Waals surface area contributed by atoms with Gasteiger partial charge in [-0.3, -0.25) is 4.79 Å². The Bertz CT molecular complexity index is 416. The van der Waals surface area contributed by atoms with Crippen molar-refractivity contribution in [3.05, 3.63) is 35.9 Å². The van der Waals surface area contributed by atoms with Crippen LogP contribution in [0, 0.1) is 0 Å². The summed E-state index contributed by atoms with van der Waals surface area (Å²) in [5.74, 6) is 0.863. The van der Waals surface area contributed by atoms with Gasteiger partial charge in [-0.15, -0.1) is 0 Å². The summed E-state index contributed by atoms with van der Waals surface area (Å²) in [4.78, 5) is 14.1. The first-order valence-corrected chi connectivity index (χ1v) is 7.49. The summed E-state index contributed by atoms with van der Waals surface area (Å²) in [6.45, 7) is 6.41. The molecule has 1 atom stereocenters. The molecular weight excluding hydrogens is 242 g/mol. The highest BCUT2D eigenvalue weighted by molar-refractivity contribution is 8.13. The van der Waals surface area contributed by atoms with E-state index in [0.29, 0.717) is 6.04 Å². The van der Waals surface area contributed by atoms with Crippen LogP contribution in [0.4, 0.5) is 4.79 Å². The summed E-state index contributed by atoms with van der Waals surface area (Å²) >= 11 is 1.45.